The number of amides is 3. The van der Waals surface area contributed by atoms with Crippen molar-refractivity contribution >= 4 is 17.6 Å². The van der Waals surface area contributed by atoms with Gasteiger partial charge in [0.1, 0.15) is 0 Å². The largest absolute Gasteiger partial charge is 0.392 e. The summed E-state index contributed by atoms with van der Waals surface area (Å²) in [4.78, 5) is 22.6. The van der Waals surface area contributed by atoms with Gasteiger partial charge in [-0.15, -0.1) is 0 Å². The number of aromatic nitrogens is 2. The molecule has 0 aliphatic heterocycles. The predicted molar refractivity (Wildman–Crippen MR) is 96.6 cm³/mol. The second-order valence-corrected chi connectivity index (χ2v) is 5.56. The number of nitrogens with one attached hydrogen (secondary N) is 1. The molecule has 0 saturated heterocycles. The lowest BCUT2D eigenvalue weighted by Gasteiger charge is -2.09. The Bertz CT molecular complexity index is 980. The lowest BCUT2D eigenvalue weighted by molar-refractivity contribution is 0.0996. The first kappa shape index (κ1) is 17.2. The third kappa shape index (κ3) is 3.40. The third-order valence-electron chi connectivity index (χ3n) is 3.81. The minimum atomic E-state index is -0.822. The van der Waals surface area contributed by atoms with Crippen LogP contribution in [-0.2, 0) is 6.61 Å². The number of nitrogens with two attached hydrogens (primary N) is 2. The molecule has 0 fully saturated rings. The van der Waals surface area contributed by atoms with E-state index in [1.807, 2.05) is 42.5 Å². The van der Waals surface area contributed by atoms with Crippen molar-refractivity contribution in [1.29, 1.82) is 0 Å². The van der Waals surface area contributed by atoms with Crippen LogP contribution in [0.3, 0.4) is 0 Å². The Morgan fingerprint density at radius 2 is 1.88 bits per heavy atom. The van der Waals surface area contributed by atoms with Gasteiger partial charge < -0.3 is 21.9 Å². The van der Waals surface area contributed by atoms with Gasteiger partial charge in [-0.1, -0.05) is 36.4 Å². The number of aliphatic hydroxyl groups excluding tert-OH is 1. The lowest BCUT2D eigenvalue weighted by Crippen LogP contribution is -2.22. The Morgan fingerprint density at radius 3 is 2.58 bits per heavy atom. The molecule has 0 saturated carbocycles. The van der Waals surface area contributed by atoms with E-state index in [1.165, 1.54) is 10.9 Å². The summed E-state index contributed by atoms with van der Waals surface area (Å²) >= 11 is 0. The zero-order valence-corrected chi connectivity index (χ0v) is 13.7. The van der Waals surface area contributed by atoms with Crippen LogP contribution in [0, 0.1) is 0 Å². The number of benzene rings is 2. The van der Waals surface area contributed by atoms with Crippen molar-refractivity contribution in [2.45, 2.75) is 6.61 Å². The summed E-state index contributed by atoms with van der Waals surface area (Å²) in [5.74, 6) is -0.783. The van der Waals surface area contributed by atoms with E-state index in [2.05, 4.69) is 10.4 Å². The Kier molecular flexibility index (Phi) is 4.68. The van der Waals surface area contributed by atoms with Gasteiger partial charge in [0.25, 0.3) is 5.91 Å². The fraction of sp³-hybridized carbons (Fsp3) is 0.0556. The lowest BCUT2D eigenvalue weighted by atomic mass is 10.00. The fourth-order valence-electron chi connectivity index (χ4n) is 2.67. The standard InChI is InChI=1S/C18H17N5O3/c19-17(25)16-15(21-18(20)26)9-23(22-16)13-6-3-5-11(8-13)14-7-2-1-4-12(14)10-24/h1-9,24H,10H2,(H2,19,25)(H3,20,21,26). The topological polar surface area (TPSA) is 136 Å². The first-order valence-electron chi connectivity index (χ1n) is 7.75. The van der Waals surface area contributed by atoms with Crippen LogP contribution < -0.4 is 16.8 Å². The molecule has 0 aliphatic carbocycles. The summed E-state index contributed by atoms with van der Waals surface area (Å²) in [6.45, 7) is -0.0827. The molecule has 0 radical (unpaired) electrons. The molecule has 132 valence electrons. The van der Waals surface area contributed by atoms with Crippen molar-refractivity contribution < 1.29 is 14.7 Å². The van der Waals surface area contributed by atoms with Gasteiger partial charge in [0, 0.05) is 0 Å². The molecule has 3 amide bonds. The van der Waals surface area contributed by atoms with Gasteiger partial charge in [-0.2, -0.15) is 5.10 Å². The van der Waals surface area contributed by atoms with Crippen LogP contribution in [-0.4, -0.2) is 26.8 Å². The average molecular weight is 351 g/mol. The van der Waals surface area contributed by atoms with E-state index in [0.717, 1.165) is 16.7 Å². The maximum Gasteiger partial charge on any atom is 0.316 e. The molecule has 0 atom stereocenters. The molecule has 8 nitrogen and oxygen atoms in total. The van der Waals surface area contributed by atoms with Crippen molar-refractivity contribution in [3.05, 3.63) is 66.0 Å². The maximum absolute atomic E-state index is 11.5. The van der Waals surface area contributed by atoms with Crippen LogP contribution in [0.25, 0.3) is 16.8 Å². The molecule has 3 rings (SSSR count). The molecule has 0 unspecified atom stereocenters. The van der Waals surface area contributed by atoms with Gasteiger partial charge in [-0.05, 0) is 28.8 Å². The molecule has 6 N–H and O–H groups in total. The van der Waals surface area contributed by atoms with Crippen LogP contribution in [0.15, 0.2) is 54.7 Å². The van der Waals surface area contributed by atoms with E-state index in [9.17, 15) is 14.7 Å². The van der Waals surface area contributed by atoms with E-state index < -0.39 is 11.9 Å². The van der Waals surface area contributed by atoms with Crippen molar-refractivity contribution in [3.63, 3.8) is 0 Å². The molecule has 1 heterocycles. The van der Waals surface area contributed by atoms with Crippen LogP contribution in [0.5, 0.6) is 0 Å². The number of primary amides is 2. The van der Waals surface area contributed by atoms with E-state index in [1.54, 1.807) is 6.07 Å². The Hall–Kier alpha value is -3.65. The smallest absolute Gasteiger partial charge is 0.316 e. The molecule has 1 aromatic heterocycles. The molecular weight excluding hydrogens is 334 g/mol. The summed E-state index contributed by atoms with van der Waals surface area (Å²) in [5, 5.41) is 16.0. The van der Waals surface area contributed by atoms with Gasteiger partial charge in [0.15, 0.2) is 5.69 Å². The molecular formula is C18H17N5O3. The van der Waals surface area contributed by atoms with Crippen LogP contribution in [0.2, 0.25) is 0 Å². The van der Waals surface area contributed by atoms with Crippen molar-refractivity contribution in [2.75, 3.05) is 5.32 Å². The summed E-state index contributed by atoms with van der Waals surface area (Å²) in [6.07, 6.45) is 1.46. The summed E-state index contributed by atoms with van der Waals surface area (Å²) < 4.78 is 1.43. The van der Waals surface area contributed by atoms with Crippen LogP contribution in [0.1, 0.15) is 16.1 Å². The number of anilines is 1. The number of nitrogens with zero attached hydrogens (tertiary/aromatic N) is 2. The number of hydrogen-bond donors (Lipinski definition) is 4. The highest BCUT2D eigenvalue weighted by Crippen LogP contribution is 2.26. The molecule has 0 bridgehead atoms. The number of aliphatic hydroxyl groups is 1. The third-order valence-corrected chi connectivity index (χ3v) is 3.81. The molecule has 0 spiro atoms. The minimum Gasteiger partial charge on any atom is -0.392 e. The second kappa shape index (κ2) is 7.08. The molecule has 8 heteroatoms. The van der Waals surface area contributed by atoms with Crippen molar-refractivity contribution in [1.82, 2.24) is 9.78 Å². The average Bonchev–Trinajstić information content (AvgIpc) is 3.05. The molecule has 3 aromatic rings. The number of carbonyl (C=O) groups is 2. The Labute approximate surface area is 149 Å². The van der Waals surface area contributed by atoms with Gasteiger partial charge >= 0.3 is 6.03 Å². The fourth-order valence-corrected chi connectivity index (χ4v) is 2.67. The van der Waals surface area contributed by atoms with Gasteiger partial charge in [-0.3, -0.25) is 4.79 Å². The Morgan fingerprint density at radius 1 is 1.12 bits per heavy atom. The number of carbonyl (C=O) groups excluding carboxylic acids is 2. The quantitative estimate of drug-likeness (QED) is 0.555. The van der Waals surface area contributed by atoms with E-state index in [-0.39, 0.29) is 18.0 Å². The van der Waals surface area contributed by atoms with Crippen molar-refractivity contribution in [3.8, 4) is 16.8 Å². The summed E-state index contributed by atoms with van der Waals surface area (Å²) in [7, 11) is 0. The normalized spacial score (nSPS) is 10.5. The monoisotopic (exact) mass is 351 g/mol. The Balaban J connectivity index is 2.06. The van der Waals surface area contributed by atoms with Gasteiger partial charge in [0.2, 0.25) is 0 Å². The minimum absolute atomic E-state index is 0.0827. The zero-order valence-electron chi connectivity index (χ0n) is 13.7. The highest BCUT2D eigenvalue weighted by Gasteiger charge is 2.16. The van der Waals surface area contributed by atoms with Crippen molar-refractivity contribution in [2.24, 2.45) is 11.5 Å². The van der Waals surface area contributed by atoms with Gasteiger partial charge in [-0.25, -0.2) is 9.48 Å². The first-order valence-corrected chi connectivity index (χ1v) is 7.75. The number of rotatable bonds is 5. The zero-order chi connectivity index (χ0) is 18.7. The molecule has 2 aromatic carbocycles. The van der Waals surface area contributed by atoms with Gasteiger partial charge in [0.05, 0.1) is 24.2 Å². The highest BCUT2D eigenvalue weighted by molar-refractivity contribution is 6.00. The van der Waals surface area contributed by atoms with Crippen LogP contribution in [0.4, 0.5) is 10.5 Å². The number of hydrogen-bond acceptors (Lipinski definition) is 4. The maximum atomic E-state index is 11.5. The summed E-state index contributed by atoms with van der Waals surface area (Å²) in [5.41, 5.74) is 13.6. The van der Waals surface area contributed by atoms with E-state index in [0.29, 0.717) is 5.69 Å². The number of urea groups is 1. The van der Waals surface area contributed by atoms with Crippen LogP contribution >= 0.6 is 0 Å². The highest BCUT2D eigenvalue weighted by atomic mass is 16.3. The summed E-state index contributed by atoms with van der Waals surface area (Å²) in [6, 6.07) is 14.0. The van der Waals surface area contributed by atoms with E-state index in [4.69, 9.17) is 11.5 Å². The second-order valence-electron chi connectivity index (χ2n) is 5.56. The molecule has 0 aliphatic rings. The predicted octanol–water partition coefficient (Wildman–Crippen LogP) is 1.62. The molecule has 26 heavy (non-hydrogen) atoms. The first-order chi connectivity index (χ1) is 12.5. The van der Waals surface area contributed by atoms with E-state index >= 15 is 0 Å². The SMILES string of the molecule is NC(=O)Nc1cn(-c2cccc(-c3ccccc3CO)c2)nc1C(N)=O.